The Morgan fingerprint density at radius 1 is 1.13 bits per heavy atom. The Labute approximate surface area is 113 Å². The molecule has 79 valence electrons. The molecule has 2 aliphatic carbocycles. The van der Waals surface area contributed by atoms with Gasteiger partial charge in [-0.3, -0.25) is 0 Å². The molecule has 0 amide bonds. The van der Waals surface area contributed by atoms with E-state index >= 15 is 0 Å². The molecule has 0 spiro atoms. The van der Waals surface area contributed by atoms with Crippen LogP contribution in [0.3, 0.4) is 0 Å². The van der Waals surface area contributed by atoms with Crippen molar-refractivity contribution >= 4 is 12.4 Å². The molecule has 0 aromatic carbocycles. The van der Waals surface area contributed by atoms with E-state index < -0.39 is 0 Å². The average Bonchev–Trinajstić information content (AvgIpc) is 2.88. The molecule has 0 saturated carbocycles. The van der Waals surface area contributed by atoms with E-state index in [9.17, 15) is 0 Å². The summed E-state index contributed by atoms with van der Waals surface area (Å²) in [6.07, 6.45) is 15.1. The third-order valence-corrected chi connectivity index (χ3v) is 4.44. The molecule has 15 heavy (non-hydrogen) atoms. The molecule has 0 bridgehead atoms. The predicted octanol–water partition coefficient (Wildman–Crippen LogP) is 3.42. The Morgan fingerprint density at radius 3 is 1.87 bits per heavy atom. The fourth-order valence-electron chi connectivity index (χ4n) is 1.94. The second-order valence-corrected chi connectivity index (χ2v) is 4.52. The van der Waals surface area contributed by atoms with Crippen molar-refractivity contribution in [1.82, 2.24) is 0 Å². The van der Waals surface area contributed by atoms with Crippen molar-refractivity contribution in [3.05, 3.63) is 47.6 Å². The molecule has 0 unspecified atom stereocenters. The van der Waals surface area contributed by atoms with Crippen molar-refractivity contribution in [1.29, 1.82) is 0 Å². The van der Waals surface area contributed by atoms with Crippen molar-refractivity contribution in [2.75, 3.05) is 0 Å². The minimum atomic E-state index is -0.140. The van der Waals surface area contributed by atoms with Gasteiger partial charge in [0.25, 0.3) is 0 Å². The summed E-state index contributed by atoms with van der Waals surface area (Å²) in [5.41, 5.74) is 2.64. The first-order chi connectivity index (χ1) is 6.77. The molecule has 0 N–H and O–H groups in total. The van der Waals surface area contributed by atoms with Gasteiger partial charge in [0.1, 0.15) is 0 Å². The maximum absolute atomic E-state index is 5.83. The van der Waals surface area contributed by atoms with Crippen LogP contribution in [0.5, 0.6) is 0 Å². The summed E-state index contributed by atoms with van der Waals surface area (Å²) in [7, 11) is 0. The quantitative estimate of drug-likeness (QED) is 0.674. The summed E-state index contributed by atoms with van der Waals surface area (Å²) in [5, 5.41) is 0. The number of hydrogen-bond donors (Lipinski definition) is 0. The van der Waals surface area contributed by atoms with Gasteiger partial charge in [0, 0.05) is 0 Å². The van der Waals surface area contributed by atoms with Gasteiger partial charge in [0.05, 0.1) is 0 Å². The summed E-state index contributed by atoms with van der Waals surface area (Å²) in [4.78, 5) is 0. The Morgan fingerprint density at radius 2 is 1.60 bits per heavy atom. The molecule has 2 rings (SSSR count). The van der Waals surface area contributed by atoms with Crippen molar-refractivity contribution in [2.24, 2.45) is 0 Å². The van der Waals surface area contributed by atoms with Crippen LogP contribution in [0.4, 0.5) is 0 Å². The molecule has 0 heterocycles. The molecular weight excluding hydrogens is 374 g/mol. The van der Waals surface area contributed by atoms with Crippen molar-refractivity contribution < 1.29 is 27.7 Å². The molecule has 0 aromatic rings. The molecule has 2 aliphatic rings. The molecule has 0 aromatic heterocycles. The van der Waals surface area contributed by atoms with E-state index in [4.69, 9.17) is 2.85 Å². The van der Waals surface area contributed by atoms with E-state index in [1.54, 1.807) is 0 Å². The van der Waals surface area contributed by atoms with E-state index in [1.165, 1.54) is 11.1 Å². The normalized spacial score (nSPS) is 18.7. The Kier molecular flexibility index (Phi) is 4.75. The van der Waals surface area contributed by atoms with Crippen LogP contribution in [0.2, 0.25) is 0 Å². The third kappa shape index (κ3) is 2.43. The summed E-state index contributed by atoms with van der Waals surface area (Å²) < 4.78 is 5.83. The van der Waals surface area contributed by atoms with Gasteiger partial charge in [-0.05, 0) is 0 Å². The molecule has 0 aliphatic heterocycles. The fourth-order valence-corrected chi connectivity index (χ4v) is 2.88. The van der Waals surface area contributed by atoms with E-state index in [0.717, 1.165) is 37.7 Å². The monoisotopic (exact) mass is 389 g/mol. The minimum absolute atomic E-state index is 0. The van der Waals surface area contributed by atoms with Crippen LogP contribution in [-0.4, -0.2) is 5.60 Å². The van der Waals surface area contributed by atoms with Crippen molar-refractivity contribution in [2.45, 2.75) is 25.4 Å². The Balaban J connectivity index is 0.00000112. The van der Waals surface area contributed by atoms with Gasteiger partial charge in [-0.1, -0.05) is 0 Å². The Bertz CT molecular complexity index is 323. The second-order valence-electron chi connectivity index (χ2n) is 3.78. The number of rotatable bonds is 3. The van der Waals surface area contributed by atoms with E-state index in [2.05, 4.69) is 43.4 Å². The molecule has 0 atom stereocenters. The fraction of sp³-hybridized carbons (Fsp3) is 0.333. The molecular formula is C12H14ClHfO. The zero-order valence-corrected chi connectivity index (χ0v) is 13.1. The van der Waals surface area contributed by atoms with E-state index in [1.807, 2.05) is 0 Å². The van der Waals surface area contributed by atoms with Gasteiger partial charge in [0.15, 0.2) is 0 Å². The van der Waals surface area contributed by atoms with Crippen LogP contribution in [0, 0.1) is 0 Å². The summed E-state index contributed by atoms with van der Waals surface area (Å²) >= 11 is 0.779. The molecule has 3 heteroatoms. The zero-order valence-electron chi connectivity index (χ0n) is 8.69. The predicted molar refractivity (Wildman–Crippen MR) is 60.4 cm³/mol. The third-order valence-electron chi connectivity index (χ3n) is 2.97. The molecule has 0 saturated heterocycles. The van der Waals surface area contributed by atoms with Gasteiger partial charge in [-0.15, -0.1) is 12.4 Å². The largest absolute Gasteiger partial charge is 0.147 e. The summed E-state index contributed by atoms with van der Waals surface area (Å²) in [6, 6.07) is 0. The topological polar surface area (TPSA) is 9.23 Å². The number of hydrogen-bond acceptors (Lipinski definition) is 1. The van der Waals surface area contributed by atoms with Gasteiger partial charge in [-0.2, -0.15) is 0 Å². The molecule has 1 nitrogen and oxygen atoms in total. The Hall–Kier alpha value is 0.0801. The van der Waals surface area contributed by atoms with Crippen LogP contribution in [0.1, 0.15) is 19.8 Å². The van der Waals surface area contributed by atoms with Crippen LogP contribution in [0.25, 0.3) is 0 Å². The standard InChI is InChI=1S/C12H13O.ClH.Hf/c1-12(13,10-6-2-3-7-10)11-8-4-5-9-11;;/h2-6,8H,7,9H2,1H3;1H;/q-1;;+1. The van der Waals surface area contributed by atoms with Gasteiger partial charge in [-0.25, -0.2) is 0 Å². The maximum Gasteiger partial charge on any atom is -0.147 e. The number of allylic oxidation sites excluding steroid dienone is 6. The van der Waals surface area contributed by atoms with Crippen LogP contribution in [0.15, 0.2) is 47.6 Å². The van der Waals surface area contributed by atoms with E-state index in [-0.39, 0.29) is 18.0 Å². The summed E-state index contributed by atoms with van der Waals surface area (Å²) in [5.74, 6) is 0. The first-order valence-corrected chi connectivity index (χ1v) is 6.31. The van der Waals surface area contributed by atoms with Gasteiger partial charge >= 0.3 is 101 Å². The van der Waals surface area contributed by atoms with Crippen LogP contribution < -0.4 is 0 Å². The first kappa shape index (κ1) is 13.1. The first-order valence-electron chi connectivity index (χ1n) is 4.84. The minimum Gasteiger partial charge on any atom is -0.147 e. The van der Waals surface area contributed by atoms with Crippen molar-refractivity contribution in [3.63, 3.8) is 0 Å². The molecule has 0 fully saturated rings. The second kappa shape index (κ2) is 5.42. The van der Waals surface area contributed by atoms with Crippen LogP contribution >= 0.6 is 12.4 Å². The van der Waals surface area contributed by atoms with E-state index in [0.29, 0.717) is 0 Å². The maximum atomic E-state index is 5.83. The van der Waals surface area contributed by atoms with Gasteiger partial charge in [0.2, 0.25) is 0 Å². The van der Waals surface area contributed by atoms with Crippen molar-refractivity contribution in [3.8, 4) is 0 Å². The SMILES string of the molecule is CC([O][Hf])(C1=CC=CC1)C1=CC=CC1.Cl. The smallest absolute Gasteiger partial charge is 0.147 e. The van der Waals surface area contributed by atoms with Gasteiger partial charge < -0.3 is 0 Å². The summed E-state index contributed by atoms with van der Waals surface area (Å²) in [6.45, 7) is 2.19. The molecule has 0 radical (unpaired) electrons. The van der Waals surface area contributed by atoms with Crippen LogP contribution in [-0.2, 0) is 27.7 Å². The number of halogens is 1. The zero-order chi connectivity index (χ0) is 10.0. The average molecular weight is 388 g/mol.